The van der Waals surface area contributed by atoms with Gasteiger partial charge in [-0.15, -0.1) is 0 Å². The summed E-state index contributed by atoms with van der Waals surface area (Å²) in [6.45, 7) is 10.5. The maximum Gasteiger partial charge on any atom is 0.333 e. The SMILES string of the molecule is C=C(C)n1c(=O)n(CCN2CCC(N(C(C)=O)c3ccc(Cl)c(Cl)c3)CC2)c2ccccc21.O=C1NC(=O)c2ccccc21. The number of benzene rings is 3. The van der Waals surface area contributed by atoms with Crippen LogP contribution in [0.4, 0.5) is 5.69 Å². The average molecular weight is 635 g/mol. The van der Waals surface area contributed by atoms with E-state index in [1.807, 2.05) is 46.7 Å². The normalized spacial score (nSPS) is 15.0. The molecule has 0 unspecified atom stereocenters. The minimum atomic E-state index is -0.300. The van der Waals surface area contributed by atoms with E-state index in [0.29, 0.717) is 33.4 Å². The average Bonchev–Trinajstić information content (AvgIpc) is 3.46. The van der Waals surface area contributed by atoms with Crippen LogP contribution in [0.3, 0.4) is 0 Å². The number of halogens is 2. The highest BCUT2D eigenvalue weighted by Gasteiger charge is 2.28. The van der Waals surface area contributed by atoms with E-state index < -0.39 is 0 Å². The highest BCUT2D eigenvalue weighted by Crippen LogP contribution is 2.30. The van der Waals surface area contributed by atoms with Crippen LogP contribution in [0.1, 0.15) is 47.4 Å². The van der Waals surface area contributed by atoms with Crippen molar-refractivity contribution < 1.29 is 14.4 Å². The van der Waals surface area contributed by atoms with E-state index in [9.17, 15) is 19.2 Å². The fourth-order valence-electron chi connectivity index (χ4n) is 5.84. The Kier molecular flexibility index (Phi) is 9.39. The third kappa shape index (κ3) is 6.36. The minimum Gasteiger partial charge on any atom is -0.309 e. The number of para-hydroxylation sites is 2. The number of likely N-dealkylation sites (tertiary alicyclic amines) is 1. The number of imide groups is 1. The van der Waals surface area contributed by atoms with Gasteiger partial charge in [0.15, 0.2) is 0 Å². The van der Waals surface area contributed by atoms with Crippen LogP contribution in [0.25, 0.3) is 16.7 Å². The Hall–Kier alpha value is -4.18. The summed E-state index contributed by atoms with van der Waals surface area (Å²) >= 11 is 12.2. The molecule has 0 bridgehead atoms. The summed E-state index contributed by atoms with van der Waals surface area (Å²) in [5.74, 6) is -0.609. The van der Waals surface area contributed by atoms with Crippen LogP contribution in [-0.2, 0) is 11.3 Å². The number of rotatable bonds is 6. The van der Waals surface area contributed by atoms with Gasteiger partial charge in [0, 0.05) is 50.5 Å². The van der Waals surface area contributed by atoms with Gasteiger partial charge < -0.3 is 9.80 Å². The molecule has 0 aliphatic carbocycles. The molecule has 1 N–H and O–H groups in total. The van der Waals surface area contributed by atoms with Gasteiger partial charge in [0.1, 0.15) is 0 Å². The third-order valence-electron chi connectivity index (χ3n) is 7.94. The van der Waals surface area contributed by atoms with E-state index >= 15 is 0 Å². The third-order valence-corrected chi connectivity index (χ3v) is 8.68. The summed E-state index contributed by atoms with van der Waals surface area (Å²) in [5.41, 5.74) is 4.17. The molecule has 0 spiro atoms. The molecule has 0 atom stereocenters. The number of imidazole rings is 1. The van der Waals surface area contributed by atoms with Gasteiger partial charge in [0.25, 0.3) is 11.8 Å². The van der Waals surface area contributed by atoms with Crippen LogP contribution >= 0.6 is 23.2 Å². The fourth-order valence-corrected chi connectivity index (χ4v) is 6.13. The second-order valence-electron chi connectivity index (χ2n) is 10.9. The molecule has 44 heavy (non-hydrogen) atoms. The summed E-state index contributed by atoms with van der Waals surface area (Å²) in [4.78, 5) is 51.5. The number of anilines is 1. The highest BCUT2D eigenvalue weighted by molar-refractivity contribution is 6.42. The first-order valence-corrected chi connectivity index (χ1v) is 15.1. The van der Waals surface area contributed by atoms with Gasteiger partial charge in [-0.3, -0.25) is 28.8 Å². The number of aromatic nitrogens is 2. The predicted molar refractivity (Wildman–Crippen MR) is 175 cm³/mol. The molecule has 6 rings (SSSR count). The molecule has 1 fully saturated rings. The van der Waals surface area contributed by atoms with Crippen LogP contribution in [-0.4, -0.2) is 57.4 Å². The summed E-state index contributed by atoms with van der Waals surface area (Å²) < 4.78 is 3.50. The van der Waals surface area contributed by atoms with Gasteiger partial charge >= 0.3 is 5.69 Å². The zero-order valence-electron chi connectivity index (χ0n) is 24.6. The number of nitrogens with zero attached hydrogens (tertiary/aromatic N) is 4. The lowest BCUT2D eigenvalue weighted by atomic mass is 10.0. The zero-order valence-corrected chi connectivity index (χ0v) is 26.1. The van der Waals surface area contributed by atoms with Crippen molar-refractivity contribution in [1.82, 2.24) is 19.4 Å². The van der Waals surface area contributed by atoms with Crippen LogP contribution in [0.5, 0.6) is 0 Å². The van der Waals surface area contributed by atoms with E-state index in [2.05, 4.69) is 16.8 Å². The molecule has 3 aromatic carbocycles. The van der Waals surface area contributed by atoms with Crippen molar-refractivity contribution >= 4 is 63.3 Å². The highest BCUT2D eigenvalue weighted by atomic mass is 35.5. The van der Waals surface area contributed by atoms with Crippen LogP contribution in [0.15, 0.2) is 78.1 Å². The summed E-state index contributed by atoms with van der Waals surface area (Å²) in [6.07, 6.45) is 1.70. The molecule has 0 radical (unpaired) electrons. The maximum atomic E-state index is 13.0. The number of piperidine rings is 1. The lowest BCUT2D eigenvalue weighted by molar-refractivity contribution is -0.117. The lowest BCUT2D eigenvalue weighted by Crippen LogP contribution is -2.47. The van der Waals surface area contributed by atoms with Crippen molar-refractivity contribution in [2.45, 2.75) is 39.3 Å². The number of fused-ring (bicyclic) bond motifs is 2. The summed E-state index contributed by atoms with van der Waals surface area (Å²) in [7, 11) is 0. The van der Waals surface area contributed by atoms with Gasteiger partial charge in [-0.1, -0.05) is 54.0 Å². The fraction of sp³-hybridized carbons (Fsp3) is 0.273. The first-order valence-electron chi connectivity index (χ1n) is 14.3. The Morgan fingerprint density at radius 3 is 2.02 bits per heavy atom. The molecule has 228 valence electrons. The van der Waals surface area contributed by atoms with Crippen molar-refractivity contribution in [3.63, 3.8) is 0 Å². The second kappa shape index (κ2) is 13.2. The molecule has 1 saturated heterocycles. The van der Waals surface area contributed by atoms with Gasteiger partial charge in [-0.05, 0) is 62.2 Å². The Morgan fingerprint density at radius 2 is 1.45 bits per heavy atom. The summed E-state index contributed by atoms with van der Waals surface area (Å²) in [5, 5.41) is 3.12. The van der Waals surface area contributed by atoms with E-state index in [1.165, 1.54) is 0 Å². The largest absolute Gasteiger partial charge is 0.333 e. The molecule has 11 heteroatoms. The number of nitrogens with one attached hydrogen (secondary N) is 1. The topological polar surface area (TPSA) is 96.7 Å². The van der Waals surface area contributed by atoms with E-state index in [0.717, 1.165) is 49.2 Å². The van der Waals surface area contributed by atoms with Crippen molar-refractivity contribution in [1.29, 1.82) is 0 Å². The zero-order chi connectivity index (χ0) is 31.5. The van der Waals surface area contributed by atoms with Crippen molar-refractivity contribution in [3.8, 4) is 0 Å². The monoisotopic (exact) mass is 633 g/mol. The number of carbonyl (C=O) groups is 3. The Labute approximate surface area is 265 Å². The molecule has 9 nitrogen and oxygen atoms in total. The molecule has 0 saturated carbocycles. The number of allylic oxidation sites excluding steroid dienone is 1. The predicted octanol–water partition coefficient (Wildman–Crippen LogP) is 5.69. The van der Waals surface area contributed by atoms with Crippen molar-refractivity contribution in [3.05, 3.63) is 105 Å². The van der Waals surface area contributed by atoms with Crippen LogP contribution < -0.4 is 15.9 Å². The number of hydrogen-bond acceptors (Lipinski definition) is 5. The van der Waals surface area contributed by atoms with E-state index in [1.54, 1.807) is 47.9 Å². The molecular weight excluding hydrogens is 601 g/mol. The quantitative estimate of drug-likeness (QED) is 0.275. The van der Waals surface area contributed by atoms with E-state index in [4.69, 9.17) is 23.2 Å². The molecule has 3 amide bonds. The molecule has 3 heterocycles. The standard InChI is InChI=1S/C25H28Cl2N4O2.C8H5NO2/c1-17(2)30-24-7-5-4-6-23(24)29(25(30)33)15-14-28-12-10-19(11-13-28)31(18(3)32)20-8-9-21(26)22(27)16-20;10-7-5-3-1-2-4-6(5)8(11)9-7/h4-9,16,19H,1,10-15H2,2-3H3;1-4H,(H,9,10,11). The molecule has 1 aromatic heterocycles. The van der Waals surface area contributed by atoms with Crippen LogP contribution in [0, 0.1) is 0 Å². The number of carbonyl (C=O) groups excluding carboxylic acids is 3. The molecular formula is C33H33Cl2N5O4. The first-order chi connectivity index (χ1) is 21.1. The Morgan fingerprint density at radius 1 is 0.864 bits per heavy atom. The second-order valence-corrected chi connectivity index (χ2v) is 11.7. The number of amides is 3. The van der Waals surface area contributed by atoms with Gasteiger partial charge in [-0.25, -0.2) is 4.79 Å². The molecule has 2 aliphatic rings. The van der Waals surface area contributed by atoms with Crippen molar-refractivity contribution in [2.75, 3.05) is 24.5 Å². The van der Waals surface area contributed by atoms with Gasteiger partial charge in [-0.2, -0.15) is 0 Å². The van der Waals surface area contributed by atoms with Crippen molar-refractivity contribution in [2.24, 2.45) is 0 Å². The summed E-state index contributed by atoms with van der Waals surface area (Å²) in [6, 6.07) is 20.0. The van der Waals surface area contributed by atoms with E-state index in [-0.39, 0.29) is 29.5 Å². The molecule has 2 aliphatic heterocycles. The Balaban J connectivity index is 0.000000291. The maximum absolute atomic E-state index is 13.0. The first kappa shape index (κ1) is 31.3. The minimum absolute atomic E-state index is 0.00834. The Bertz CT molecular complexity index is 1790. The molecule has 4 aromatic rings. The smallest absolute Gasteiger partial charge is 0.309 e. The van der Waals surface area contributed by atoms with Gasteiger partial charge in [0.2, 0.25) is 5.91 Å². The number of hydrogen-bond donors (Lipinski definition) is 1. The van der Waals surface area contributed by atoms with Crippen LogP contribution in [0.2, 0.25) is 10.0 Å². The lowest BCUT2D eigenvalue weighted by Gasteiger charge is -2.38. The van der Waals surface area contributed by atoms with Gasteiger partial charge in [0.05, 0.1) is 32.2 Å².